The van der Waals surface area contributed by atoms with Crippen LogP contribution in [0.25, 0.3) is 11.5 Å². The number of halogens is 4. The van der Waals surface area contributed by atoms with Crippen molar-refractivity contribution in [1.29, 1.82) is 0 Å². The lowest BCUT2D eigenvalue weighted by Crippen LogP contribution is -2.18. The molecular formula is C18H13ClF3N3O3S. The molecule has 0 radical (unpaired) electrons. The van der Waals surface area contributed by atoms with Gasteiger partial charge in [0.2, 0.25) is 11.8 Å². The number of ether oxygens (including phenoxy) is 1. The van der Waals surface area contributed by atoms with Gasteiger partial charge in [0.15, 0.2) is 0 Å². The van der Waals surface area contributed by atoms with E-state index in [4.69, 9.17) is 20.8 Å². The number of nitrogens with zero attached hydrogens (tertiary/aromatic N) is 2. The molecule has 3 rings (SSSR count). The number of carbonyl (C=O) groups is 1. The molecule has 0 aliphatic heterocycles. The highest BCUT2D eigenvalue weighted by Crippen LogP contribution is 2.38. The average molecular weight is 444 g/mol. The molecule has 3 aromatic rings. The molecule has 0 saturated carbocycles. The normalized spacial score (nSPS) is 11.3. The van der Waals surface area contributed by atoms with Crippen molar-refractivity contribution in [2.75, 3.05) is 18.2 Å². The Balaban J connectivity index is 1.64. The molecule has 0 bridgehead atoms. The number of nitrogens with one attached hydrogen (secondary N) is 1. The van der Waals surface area contributed by atoms with Gasteiger partial charge >= 0.3 is 6.18 Å². The van der Waals surface area contributed by atoms with Crippen LogP contribution in [0.15, 0.2) is 52.1 Å². The Kier molecular flexibility index (Phi) is 6.33. The highest BCUT2D eigenvalue weighted by atomic mass is 35.5. The second kappa shape index (κ2) is 8.75. The molecule has 1 heterocycles. The summed E-state index contributed by atoms with van der Waals surface area (Å²) in [4.78, 5) is 12.1. The Morgan fingerprint density at radius 3 is 2.59 bits per heavy atom. The van der Waals surface area contributed by atoms with Gasteiger partial charge in [-0.05, 0) is 36.4 Å². The van der Waals surface area contributed by atoms with Gasteiger partial charge < -0.3 is 14.5 Å². The van der Waals surface area contributed by atoms with E-state index >= 15 is 0 Å². The van der Waals surface area contributed by atoms with Gasteiger partial charge in [-0.2, -0.15) is 13.2 Å². The van der Waals surface area contributed by atoms with Crippen LogP contribution in [0.3, 0.4) is 0 Å². The maximum absolute atomic E-state index is 13.1. The van der Waals surface area contributed by atoms with Crippen LogP contribution < -0.4 is 10.1 Å². The maximum atomic E-state index is 13.1. The minimum atomic E-state index is -4.65. The second-order valence-electron chi connectivity index (χ2n) is 5.60. The zero-order chi connectivity index (χ0) is 21.0. The third-order valence-corrected chi connectivity index (χ3v) is 4.79. The number of benzene rings is 2. The molecule has 0 unspecified atom stereocenters. The number of alkyl halides is 3. The largest absolute Gasteiger partial charge is 0.497 e. The Hall–Kier alpha value is -2.72. The first kappa shape index (κ1) is 21.0. The number of para-hydroxylation sites is 1. The monoisotopic (exact) mass is 443 g/mol. The van der Waals surface area contributed by atoms with Crippen LogP contribution in [0.1, 0.15) is 5.56 Å². The predicted octanol–water partition coefficient (Wildman–Crippen LogP) is 5.15. The number of aromatic nitrogens is 2. The number of amides is 1. The summed E-state index contributed by atoms with van der Waals surface area (Å²) in [5.41, 5.74) is -0.861. The van der Waals surface area contributed by atoms with E-state index in [-0.39, 0.29) is 21.9 Å². The SMILES string of the molecule is COc1ccc(-c2nnc(SCC(=O)Nc3c(Cl)cccc3C(F)(F)F)o2)cc1. The zero-order valence-corrected chi connectivity index (χ0v) is 16.4. The molecule has 0 aliphatic rings. The van der Waals surface area contributed by atoms with Crippen molar-refractivity contribution in [3.05, 3.63) is 53.1 Å². The summed E-state index contributed by atoms with van der Waals surface area (Å²) in [5.74, 6) is -0.0385. The van der Waals surface area contributed by atoms with E-state index in [1.807, 2.05) is 0 Å². The Labute approximate surface area is 172 Å². The fraction of sp³-hybridized carbons (Fsp3) is 0.167. The molecule has 0 saturated heterocycles. The maximum Gasteiger partial charge on any atom is 0.418 e. The summed E-state index contributed by atoms with van der Waals surface area (Å²) in [5, 5.41) is 9.78. The molecule has 6 nitrogen and oxygen atoms in total. The van der Waals surface area contributed by atoms with Crippen LogP contribution in [-0.2, 0) is 11.0 Å². The van der Waals surface area contributed by atoms with Crippen molar-refractivity contribution in [3.63, 3.8) is 0 Å². The van der Waals surface area contributed by atoms with Crippen molar-refractivity contribution >= 4 is 35.0 Å². The number of methoxy groups -OCH3 is 1. The van der Waals surface area contributed by atoms with Gasteiger partial charge in [0.05, 0.1) is 29.1 Å². The Morgan fingerprint density at radius 1 is 1.21 bits per heavy atom. The van der Waals surface area contributed by atoms with Crippen molar-refractivity contribution < 1.29 is 27.1 Å². The molecule has 2 aromatic carbocycles. The van der Waals surface area contributed by atoms with Gasteiger partial charge in [-0.3, -0.25) is 4.79 Å². The molecule has 0 aliphatic carbocycles. The third kappa shape index (κ3) is 5.21. The lowest BCUT2D eigenvalue weighted by atomic mass is 10.1. The van der Waals surface area contributed by atoms with E-state index in [1.54, 1.807) is 31.4 Å². The van der Waals surface area contributed by atoms with Gasteiger partial charge in [-0.15, -0.1) is 10.2 Å². The molecule has 152 valence electrons. The van der Waals surface area contributed by atoms with E-state index in [2.05, 4.69) is 15.5 Å². The topological polar surface area (TPSA) is 77.2 Å². The standard InChI is InChI=1S/C18H13ClF3N3O3S/c1-27-11-7-5-10(6-8-11)16-24-25-17(28-16)29-9-14(26)23-15-12(18(20,21)22)3-2-4-13(15)19/h2-8H,9H2,1H3,(H,23,26). The zero-order valence-electron chi connectivity index (χ0n) is 14.8. The molecule has 0 fully saturated rings. The van der Waals surface area contributed by atoms with Crippen molar-refractivity contribution in [2.24, 2.45) is 0 Å². The summed E-state index contributed by atoms with van der Waals surface area (Å²) in [7, 11) is 1.54. The van der Waals surface area contributed by atoms with Gasteiger partial charge in [-0.1, -0.05) is 29.4 Å². The van der Waals surface area contributed by atoms with Crippen LogP contribution in [0.2, 0.25) is 5.02 Å². The Bertz CT molecular complexity index is 1010. The minimum absolute atomic E-state index is 0.0983. The summed E-state index contributed by atoms with van der Waals surface area (Å²) in [6.45, 7) is 0. The smallest absolute Gasteiger partial charge is 0.418 e. The Morgan fingerprint density at radius 2 is 1.93 bits per heavy atom. The first-order valence-corrected chi connectivity index (χ1v) is 9.40. The molecule has 0 atom stereocenters. The predicted molar refractivity (Wildman–Crippen MR) is 102 cm³/mol. The van der Waals surface area contributed by atoms with Crippen LogP contribution in [0, 0.1) is 0 Å². The molecule has 1 amide bonds. The number of thioether (sulfide) groups is 1. The van der Waals surface area contributed by atoms with E-state index < -0.39 is 23.3 Å². The highest BCUT2D eigenvalue weighted by molar-refractivity contribution is 7.99. The molecule has 0 spiro atoms. The van der Waals surface area contributed by atoms with Crippen LogP contribution in [0.5, 0.6) is 5.75 Å². The quantitative estimate of drug-likeness (QED) is 0.531. The minimum Gasteiger partial charge on any atom is -0.497 e. The van der Waals surface area contributed by atoms with E-state index in [0.717, 1.165) is 23.9 Å². The summed E-state index contributed by atoms with van der Waals surface area (Å²) < 4.78 is 49.8. The molecule has 11 heteroatoms. The number of anilines is 1. The molecular weight excluding hydrogens is 431 g/mol. The summed E-state index contributed by atoms with van der Waals surface area (Å²) in [6, 6.07) is 10.2. The highest BCUT2D eigenvalue weighted by Gasteiger charge is 2.34. The average Bonchev–Trinajstić information content (AvgIpc) is 3.16. The number of hydrogen-bond acceptors (Lipinski definition) is 6. The summed E-state index contributed by atoms with van der Waals surface area (Å²) in [6.07, 6.45) is -4.65. The van der Waals surface area contributed by atoms with Crippen molar-refractivity contribution in [2.45, 2.75) is 11.4 Å². The third-order valence-electron chi connectivity index (χ3n) is 3.65. The van der Waals surface area contributed by atoms with Crippen LogP contribution >= 0.6 is 23.4 Å². The lowest BCUT2D eigenvalue weighted by molar-refractivity contribution is -0.137. The number of hydrogen-bond donors (Lipinski definition) is 1. The molecule has 29 heavy (non-hydrogen) atoms. The first-order valence-electron chi connectivity index (χ1n) is 8.04. The van der Waals surface area contributed by atoms with Crippen molar-refractivity contribution in [1.82, 2.24) is 10.2 Å². The fourth-order valence-corrected chi connectivity index (χ4v) is 3.09. The molecule has 1 N–H and O–H groups in total. The first-order chi connectivity index (χ1) is 13.8. The second-order valence-corrected chi connectivity index (χ2v) is 6.93. The van der Waals surface area contributed by atoms with E-state index in [0.29, 0.717) is 11.3 Å². The van der Waals surface area contributed by atoms with Crippen molar-refractivity contribution in [3.8, 4) is 17.2 Å². The van der Waals surface area contributed by atoms with Gasteiger partial charge in [0, 0.05) is 5.56 Å². The van der Waals surface area contributed by atoms with E-state index in [1.165, 1.54) is 6.07 Å². The fourth-order valence-electron chi connectivity index (χ4n) is 2.31. The van der Waals surface area contributed by atoms with Gasteiger partial charge in [0.1, 0.15) is 5.75 Å². The molecule has 1 aromatic heterocycles. The lowest BCUT2D eigenvalue weighted by Gasteiger charge is -2.14. The number of rotatable bonds is 6. The van der Waals surface area contributed by atoms with Crippen LogP contribution in [-0.4, -0.2) is 29.0 Å². The van der Waals surface area contributed by atoms with Gasteiger partial charge in [0.25, 0.3) is 5.22 Å². The van der Waals surface area contributed by atoms with E-state index in [9.17, 15) is 18.0 Å². The number of carbonyl (C=O) groups excluding carboxylic acids is 1. The van der Waals surface area contributed by atoms with Crippen LogP contribution in [0.4, 0.5) is 18.9 Å². The van der Waals surface area contributed by atoms with Gasteiger partial charge in [-0.25, -0.2) is 0 Å². The summed E-state index contributed by atoms with van der Waals surface area (Å²) >= 11 is 6.71.